The molecule has 0 N–H and O–H groups in total. The maximum atomic E-state index is 9.54. The predicted octanol–water partition coefficient (Wildman–Crippen LogP) is 8.72. The highest BCUT2D eigenvalue weighted by molar-refractivity contribution is 6.09. The Morgan fingerprint density at radius 2 is 1.28 bits per heavy atom. The third kappa shape index (κ3) is 5.61. The number of aromatic nitrogens is 1. The molecular weight excluding hydrogens is 528 g/mol. The van der Waals surface area contributed by atoms with E-state index in [2.05, 4.69) is 71.3 Å². The molecule has 0 atom stereocenters. The second-order valence-corrected chi connectivity index (χ2v) is 10.4. The van der Waals surface area contributed by atoms with Gasteiger partial charge in [-0.1, -0.05) is 66.7 Å². The van der Waals surface area contributed by atoms with Gasteiger partial charge >= 0.3 is 0 Å². The van der Waals surface area contributed by atoms with Crippen LogP contribution in [0.2, 0.25) is 0 Å². The van der Waals surface area contributed by atoms with Crippen LogP contribution in [0.5, 0.6) is 0 Å². The Morgan fingerprint density at radius 3 is 1.95 bits per heavy atom. The Bertz CT molecular complexity index is 2060. The number of hydrogen-bond acceptors (Lipinski definition) is 4. The van der Waals surface area contributed by atoms with E-state index in [1.54, 1.807) is 12.2 Å². The Kier molecular flexibility index (Phi) is 7.47. The monoisotopic (exact) mass is 556 g/mol. The van der Waals surface area contributed by atoms with Gasteiger partial charge in [0.1, 0.15) is 29.2 Å². The number of fused-ring (bicyclic) bond motifs is 3. The molecule has 0 bridgehead atoms. The zero-order valence-corrected chi connectivity index (χ0v) is 23.9. The summed E-state index contributed by atoms with van der Waals surface area (Å²) in [4.78, 5) is 2.05. The van der Waals surface area contributed by atoms with Crippen LogP contribution in [0.1, 0.15) is 11.1 Å². The molecule has 2 heterocycles. The minimum Gasteiger partial charge on any atom is -0.457 e. The van der Waals surface area contributed by atoms with Crippen LogP contribution in [0, 0.1) is 22.7 Å². The van der Waals surface area contributed by atoms with Gasteiger partial charge in [-0.2, -0.15) is 10.5 Å². The molecule has 0 saturated heterocycles. The van der Waals surface area contributed by atoms with E-state index in [4.69, 9.17) is 4.74 Å². The first-order chi connectivity index (χ1) is 21.0. The number of anilines is 1. The molecule has 0 spiro atoms. The molecule has 0 saturated carbocycles. The molecular formula is C38H28N4O. The number of rotatable bonds is 6. The highest BCUT2D eigenvalue weighted by Gasteiger charge is 2.14. The molecule has 43 heavy (non-hydrogen) atoms. The molecule has 0 amide bonds. The van der Waals surface area contributed by atoms with E-state index in [0.717, 1.165) is 38.9 Å². The summed E-state index contributed by atoms with van der Waals surface area (Å²) >= 11 is 0. The predicted molar refractivity (Wildman–Crippen MR) is 175 cm³/mol. The summed E-state index contributed by atoms with van der Waals surface area (Å²) in [5.41, 5.74) is 7.07. The first-order valence-corrected chi connectivity index (χ1v) is 13.9. The van der Waals surface area contributed by atoms with Gasteiger partial charge in [0.05, 0.1) is 11.0 Å². The molecule has 5 nitrogen and oxygen atoms in total. The molecule has 1 aliphatic rings. The van der Waals surface area contributed by atoms with Crippen molar-refractivity contribution in [2.75, 3.05) is 19.0 Å². The molecule has 4 aromatic carbocycles. The van der Waals surface area contributed by atoms with E-state index >= 15 is 0 Å². The molecule has 0 fully saturated rings. The van der Waals surface area contributed by atoms with Gasteiger partial charge in [-0.3, -0.25) is 0 Å². The van der Waals surface area contributed by atoms with Crippen molar-refractivity contribution in [3.8, 4) is 17.8 Å². The smallest absolute Gasteiger partial charge is 0.137 e. The summed E-state index contributed by atoms with van der Waals surface area (Å²) in [6.45, 7) is 0. The van der Waals surface area contributed by atoms with Gasteiger partial charge in [0.25, 0.3) is 0 Å². The Hall–Kier alpha value is -6.04. The summed E-state index contributed by atoms with van der Waals surface area (Å²) in [7, 11) is 4.01. The zero-order valence-electron chi connectivity index (χ0n) is 23.9. The molecule has 5 aromatic rings. The third-order valence-corrected chi connectivity index (χ3v) is 7.34. The topological polar surface area (TPSA) is 65.0 Å². The van der Waals surface area contributed by atoms with Gasteiger partial charge in [0.15, 0.2) is 0 Å². The highest BCUT2D eigenvalue weighted by Crippen LogP contribution is 2.33. The third-order valence-electron chi connectivity index (χ3n) is 7.34. The first kappa shape index (κ1) is 27.1. The van der Waals surface area contributed by atoms with Crippen molar-refractivity contribution in [2.24, 2.45) is 0 Å². The number of nitrogens with zero attached hydrogens (tertiary/aromatic N) is 4. The number of nitriles is 2. The van der Waals surface area contributed by atoms with Crippen LogP contribution in [0.4, 0.5) is 5.69 Å². The molecule has 5 heteroatoms. The van der Waals surface area contributed by atoms with E-state index in [1.807, 2.05) is 85.8 Å². The van der Waals surface area contributed by atoms with Gasteiger partial charge in [-0.25, -0.2) is 0 Å². The van der Waals surface area contributed by atoms with Gasteiger partial charge < -0.3 is 14.2 Å². The van der Waals surface area contributed by atoms with Crippen LogP contribution in [0.15, 0.2) is 144 Å². The summed E-state index contributed by atoms with van der Waals surface area (Å²) < 4.78 is 8.45. The van der Waals surface area contributed by atoms with Gasteiger partial charge in [-0.15, -0.1) is 0 Å². The van der Waals surface area contributed by atoms with Crippen LogP contribution in [-0.2, 0) is 4.74 Å². The number of para-hydroxylation sites is 2. The summed E-state index contributed by atoms with van der Waals surface area (Å²) in [5.74, 6) is 1.08. The van der Waals surface area contributed by atoms with Crippen LogP contribution < -0.4 is 4.90 Å². The van der Waals surface area contributed by atoms with Crippen molar-refractivity contribution < 1.29 is 4.74 Å². The van der Waals surface area contributed by atoms with E-state index in [0.29, 0.717) is 17.1 Å². The maximum absolute atomic E-state index is 9.54. The minimum absolute atomic E-state index is 0.0329. The average Bonchev–Trinajstić information content (AvgIpc) is 3.38. The fourth-order valence-corrected chi connectivity index (χ4v) is 5.20. The highest BCUT2D eigenvalue weighted by atomic mass is 16.5. The van der Waals surface area contributed by atoms with E-state index in [1.165, 1.54) is 5.39 Å². The Labute approximate surface area is 251 Å². The van der Waals surface area contributed by atoms with E-state index in [9.17, 15) is 10.5 Å². The van der Waals surface area contributed by atoms with E-state index < -0.39 is 0 Å². The Balaban J connectivity index is 1.33. The second kappa shape index (κ2) is 11.8. The quantitative estimate of drug-likeness (QED) is 0.196. The Morgan fingerprint density at radius 1 is 0.674 bits per heavy atom. The summed E-state index contributed by atoms with van der Waals surface area (Å²) in [6.07, 6.45) is 11.1. The maximum Gasteiger partial charge on any atom is 0.137 e. The lowest BCUT2D eigenvalue weighted by Gasteiger charge is -2.14. The van der Waals surface area contributed by atoms with E-state index in [-0.39, 0.29) is 5.57 Å². The fourth-order valence-electron chi connectivity index (χ4n) is 5.20. The van der Waals surface area contributed by atoms with Gasteiger partial charge in [0, 0.05) is 41.8 Å². The molecule has 206 valence electrons. The van der Waals surface area contributed by atoms with Crippen molar-refractivity contribution in [1.82, 2.24) is 4.57 Å². The lowest BCUT2D eigenvalue weighted by Crippen LogP contribution is -2.07. The van der Waals surface area contributed by atoms with Crippen molar-refractivity contribution in [3.05, 3.63) is 155 Å². The zero-order chi connectivity index (χ0) is 29.8. The minimum atomic E-state index is 0.0329. The molecule has 1 aromatic heterocycles. The lowest BCUT2D eigenvalue weighted by atomic mass is 10.0. The van der Waals surface area contributed by atoms with Crippen LogP contribution in [0.25, 0.3) is 39.6 Å². The number of hydrogen-bond donors (Lipinski definition) is 0. The number of ether oxygens (including phenoxy) is 1. The number of benzene rings is 4. The average molecular weight is 557 g/mol. The molecule has 0 unspecified atom stereocenters. The summed E-state index contributed by atoms with van der Waals surface area (Å²) in [6, 6.07) is 37.3. The molecule has 1 aliphatic heterocycles. The normalized spacial score (nSPS) is 13.1. The van der Waals surface area contributed by atoms with Crippen LogP contribution in [0.3, 0.4) is 0 Å². The molecule has 0 aliphatic carbocycles. The number of allylic oxidation sites excluding steroid dienone is 6. The van der Waals surface area contributed by atoms with Crippen molar-refractivity contribution in [3.63, 3.8) is 0 Å². The van der Waals surface area contributed by atoms with Crippen molar-refractivity contribution in [2.45, 2.75) is 0 Å². The largest absolute Gasteiger partial charge is 0.457 e. The van der Waals surface area contributed by atoms with Gasteiger partial charge in [0.2, 0.25) is 0 Å². The standard InChI is InChI=1S/C38H28N4O/c1-41(2)31-17-12-27(13-18-31)14-19-33-23-29(30(25-39)26-40)24-34(43-33)20-15-28-16-21-38-36(22-28)35-10-6-7-11-37(35)42(38)32-8-4-3-5-9-32/h3-24H,1-2H3/b19-14+,20-15+. The van der Waals surface area contributed by atoms with Crippen molar-refractivity contribution in [1.29, 1.82) is 10.5 Å². The van der Waals surface area contributed by atoms with Crippen LogP contribution in [-0.4, -0.2) is 18.7 Å². The SMILES string of the molecule is CN(C)c1ccc(/C=C/C2=CC(=C(C#N)C#N)C=C(/C=C/c3ccc4c(c3)c3ccccc3n4-c3ccccc3)O2)cc1. The van der Waals surface area contributed by atoms with Gasteiger partial charge in [-0.05, 0) is 77.9 Å². The molecule has 0 radical (unpaired) electrons. The van der Waals surface area contributed by atoms with Crippen LogP contribution >= 0.6 is 0 Å². The summed E-state index contributed by atoms with van der Waals surface area (Å²) in [5, 5.41) is 21.4. The molecule has 6 rings (SSSR count). The second-order valence-electron chi connectivity index (χ2n) is 10.4. The lowest BCUT2D eigenvalue weighted by molar-refractivity contribution is 0.332. The van der Waals surface area contributed by atoms with Crippen molar-refractivity contribution >= 4 is 39.6 Å². The first-order valence-electron chi connectivity index (χ1n) is 13.9. The fraction of sp³-hybridized carbons (Fsp3) is 0.0526.